The highest BCUT2D eigenvalue weighted by Gasteiger charge is 2.26. The van der Waals surface area contributed by atoms with Crippen LogP contribution >= 0.6 is 0 Å². The van der Waals surface area contributed by atoms with Gasteiger partial charge in [-0.15, -0.1) is 0 Å². The second-order valence-corrected chi connectivity index (χ2v) is 4.72. The van der Waals surface area contributed by atoms with Crippen LogP contribution in [0.2, 0.25) is 0 Å². The zero-order chi connectivity index (χ0) is 12.4. The van der Waals surface area contributed by atoms with Crippen LogP contribution in [0.1, 0.15) is 23.2 Å². The summed E-state index contributed by atoms with van der Waals surface area (Å²) in [7, 11) is 0. The maximum Gasteiger partial charge on any atom is 0.257 e. The van der Waals surface area contributed by atoms with E-state index in [2.05, 4.69) is 10.3 Å². The van der Waals surface area contributed by atoms with Crippen LogP contribution in [0.5, 0.6) is 0 Å². The van der Waals surface area contributed by atoms with Crippen molar-refractivity contribution in [1.29, 1.82) is 0 Å². The summed E-state index contributed by atoms with van der Waals surface area (Å²) in [6.45, 7) is 2.57. The average molecular weight is 247 g/mol. The average Bonchev–Trinajstić information content (AvgIpc) is 3.24. The molecule has 18 heavy (non-hydrogen) atoms. The molecule has 1 saturated carbocycles. The summed E-state index contributed by atoms with van der Waals surface area (Å²) in [6.07, 6.45) is 4.06. The van der Waals surface area contributed by atoms with Gasteiger partial charge in [0, 0.05) is 25.3 Å². The van der Waals surface area contributed by atoms with Gasteiger partial charge in [-0.2, -0.15) is 0 Å². The molecule has 1 amide bonds. The van der Waals surface area contributed by atoms with Gasteiger partial charge in [0.25, 0.3) is 5.91 Å². The topological polar surface area (TPSA) is 54.5 Å². The van der Waals surface area contributed by atoms with E-state index in [0.717, 1.165) is 5.82 Å². The third kappa shape index (κ3) is 2.46. The third-order valence-corrected chi connectivity index (χ3v) is 3.25. The smallest absolute Gasteiger partial charge is 0.257 e. The Kier molecular flexibility index (Phi) is 3.15. The van der Waals surface area contributed by atoms with Gasteiger partial charge in [-0.1, -0.05) is 0 Å². The largest absolute Gasteiger partial charge is 0.378 e. The minimum atomic E-state index is 0.0505. The highest BCUT2D eigenvalue weighted by Crippen LogP contribution is 2.26. The predicted molar refractivity (Wildman–Crippen MR) is 67.6 cm³/mol. The number of morpholine rings is 1. The monoisotopic (exact) mass is 247 g/mol. The van der Waals surface area contributed by atoms with Crippen molar-refractivity contribution in [3.05, 3.63) is 23.9 Å². The molecule has 0 radical (unpaired) electrons. The van der Waals surface area contributed by atoms with Crippen molar-refractivity contribution in [2.75, 3.05) is 31.6 Å². The van der Waals surface area contributed by atoms with Crippen molar-refractivity contribution in [1.82, 2.24) is 9.88 Å². The first kappa shape index (κ1) is 11.5. The minimum absolute atomic E-state index is 0.0505. The number of anilines is 1. The normalized spacial score (nSPS) is 19.7. The van der Waals surface area contributed by atoms with Crippen LogP contribution in [0.15, 0.2) is 18.3 Å². The summed E-state index contributed by atoms with van der Waals surface area (Å²) in [5, 5.41) is 3.31. The summed E-state index contributed by atoms with van der Waals surface area (Å²) >= 11 is 0. The number of nitrogens with zero attached hydrogens (tertiary/aromatic N) is 2. The number of hydrogen-bond donors (Lipinski definition) is 1. The molecule has 1 aliphatic carbocycles. The first-order valence-corrected chi connectivity index (χ1v) is 6.43. The Balaban J connectivity index is 1.78. The SMILES string of the molecule is O=C(c1cccnc1NC1CC1)N1CCOCC1. The molecule has 1 aromatic rings. The standard InChI is InChI=1S/C13H17N3O2/c17-13(16-6-8-18-9-7-16)11-2-1-5-14-12(11)15-10-3-4-10/h1-2,5,10H,3-4,6-9H2,(H,14,15). The number of carbonyl (C=O) groups is 1. The number of aromatic nitrogens is 1. The molecular formula is C13H17N3O2. The Morgan fingerprint density at radius 2 is 2.17 bits per heavy atom. The first-order valence-electron chi connectivity index (χ1n) is 6.43. The number of carbonyl (C=O) groups excluding carboxylic acids is 1. The van der Waals surface area contributed by atoms with E-state index in [0.29, 0.717) is 37.9 Å². The number of pyridine rings is 1. The zero-order valence-corrected chi connectivity index (χ0v) is 10.3. The van der Waals surface area contributed by atoms with Crippen LogP contribution in [-0.2, 0) is 4.74 Å². The summed E-state index contributed by atoms with van der Waals surface area (Å²) in [5.41, 5.74) is 0.673. The van der Waals surface area contributed by atoms with Crippen LogP contribution in [0.3, 0.4) is 0 Å². The quantitative estimate of drug-likeness (QED) is 0.870. The molecule has 0 aromatic carbocycles. The second-order valence-electron chi connectivity index (χ2n) is 4.72. The Morgan fingerprint density at radius 1 is 1.39 bits per heavy atom. The molecule has 2 fully saturated rings. The maximum atomic E-state index is 12.4. The molecule has 0 bridgehead atoms. The highest BCUT2D eigenvalue weighted by molar-refractivity contribution is 5.98. The third-order valence-electron chi connectivity index (χ3n) is 3.25. The van der Waals surface area contributed by atoms with Crippen molar-refractivity contribution in [3.63, 3.8) is 0 Å². The molecule has 0 unspecified atom stereocenters. The second kappa shape index (κ2) is 4.94. The van der Waals surface area contributed by atoms with E-state index in [9.17, 15) is 4.79 Å². The van der Waals surface area contributed by atoms with E-state index in [-0.39, 0.29) is 5.91 Å². The zero-order valence-electron chi connectivity index (χ0n) is 10.3. The van der Waals surface area contributed by atoms with Gasteiger partial charge in [0.05, 0.1) is 18.8 Å². The summed E-state index contributed by atoms with van der Waals surface area (Å²) in [5.74, 6) is 0.769. The molecule has 3 rings (SSSR count). The van der Waals surface area contributed by atoms with Gasteiger partial charge >= 0.3 is 0 Å². The first-order chi connectivity index (χ1) is 8.84. The molecule has 1 aromatic heterocycles. The number of nitrogens with one attached hydrogen (secondary N) is 1. The summed E-state index contributed by atoms with van der Waals surface area (Å²) in [6, 6.07) is 4.15. The van der Waals surface area contributed by atoms with Crippen molar-refractivity contribution in [2.24, 2.45) is 0 Å². The molecule has 0 spiro atoms. The Bertz CT molecular complexity index is 440. The lowest BCUT2D eigenvalue weighted by atomic mass is 10.2. The van der Waals surface area contributed by atoms with Crippen LogP contribution in [0, 0.1) is 0 Å². The Morgan fingerprint density at radius 3 is 2.89 bits per heavy atom. The van der Waals surface area contributed by atoms with Gasteiger partial charge in [0.15, 0.2) is 0 Å². The molecule has 1 saturated heterocycles. The Labute approximate surface area is 106 Å². The fourth-order valence-electron chi connectivity index (χ4n) is 2.05. The predicted octanol–water partition coefficient (Wildman–Crippen LogP) is 1.13. The Hall–Kier alpha value is -1.62. The van der Waals surface area contributed by atoms with Crippen molar-refractivity contribution in [2.45, 2.75) is 18.9 Å². The fourth-order valence-corrected chi connectivity index (χ4v) is 2.05. The van der Waals surface area contributed by atoms with Gasteiger partial charge in [-0.25, -0.2) is 4.98 Å². The van der Waals surface area contributed by atoms with E-state index < -0.39 is 0 Å². The van der Waals surface area contributed by atoms with Gasteiger partial charge in [0.2, 0.25) is 0 Å². The minimum Gasteiger partial charge on any atom is -0.378 e. The molecule has 96 valence electrons. The molecule has 5 nitrogen and oxygen atoms in total. The van der Waals surface area contributed by atoms with Crippen LogP contribution in [0.25, 0.3) is 0 Å². The van der Waals surface area contributed by atoms with Crippen LogP contribution < -0.4 is 5.32 Å². The van der Waals surface area contributed by atoms with E-state index >= 15 is 0 Å². The van der Waals surface area contributed by atoms with Gasteiger partial charge in [0.1, 0.15) is 5.82 Å². The van der Waals surface area contributed by atoms with E-state index in [1.54, 1.807) is 6.20 Å². The van der Waals surface area contributed by atoms with E-state index in [1.165, 1.54) is 12.8 Å². The molecule has 1 aliphatic heterocycles. The molecule has 0 atom stereocenters. The number of rotatable bonds is 3. The lowest BCUT2D eigenvalue weighted by Crippen LogP contribution is -2.41. The lowest BCUT2D eigenvalue weighted by molar-refractivity contribution is 0.0303. The highest BCUT2D eigenvalue weighted by atomic mass is 16.5. The van der Waals surface area contributed by atoms with Crippen molar-refractivity contribution in [3.8, 4) is 0 Å². The fraction of sp³-hybridized carbons (Fsp3) is 0.538. The van der Waals surface area contributed by atoms with Gasteiger partial charge in [-0.05, 0) is 25.0 Å². The van der Waals surface area contributed by atoms with E-state index in [1.807, 2.05) is 17.0 Å². The van der Waals surface area contributed by atoms with Gasteiger partial charge < -0.3 is 15.0 Å². The molecule has 2 heterocycles. The molecule has 2 aliphatic rings. The number of amides is 1. The lowest BCUT2D eigenvalue weighted by Gasteiger charge is -2.27. The summed E-state index contributed by atoms with van der Waals surface area (Å²) < 4.78 is 5.27. The number of ether oxygens (including phenoxy) is 1. The van der Waals surface area contributed by atoms with Crippen LogP contribution in [-0.4, -0.2) is 48.1 Å². The van der Waals surface area contributed by atoms with Gasteiger partial charge in [-0.3, -0.25) is 4.79 Å². The maximum absolute atomic E-state index is 12.4. The van der Waals surface area contributed by atoms with E-state index in [4.69, 9.17) is 4.74 Å². The van der Waals surface area contributed by atoms with Crippen LogP contribution in [0.4, 0.5) is 5.82 Å². The molecule has 5 heteroatoms. The molecular weight excluding hydrogens is 230 g/mol. The number of hydrogen-bond acceptors (Lipinski definition) is 4. The van der Waals surface area contributed by atoms with Crippen molar-refractivity contribution < 1.29 is 9.53 Å². The summed E-state index contributed by atoms with van der Waals surface area (Å²) in [4.78, 5) is 18.5. The van der Waals surface area contributed by atoms with Crippen molar-refractivity contribution >= 4 is 11.7 Å². The molecule has 1 N–H and O–H groups in total.